The Labute approximate surface area is 122 Å². The zero-order chi connectivity index (χ0) is 15.5. The number of hydrogen-bond donors (Lipinski definition) is 1. The molecular weight excluding hydrogens is 286 g/mol. The first-order chi connectivity index (χ1) is 10.2. The number of hydrogen-bond acceptors (Lipinski definition) is 8. The molecule has 0 bridgehead atoms. The number of amides is 1. The van der Waals surface area contributed by atoms with Crippen molar-refractivity contribution in [3.05, 3.63) is 0 Å². The number of nitrogens with zero attached hydrogens (tertiary/aromatic N) is 1. The Morgan fingerprint density at radius 3 is 2.24 bits per heavy atom. The van der Waals surface area contributed by atoms with Gasteiger partial charge in [0.05, 0.1) is 39.6 Å². The van der Waals surface area contributed by atoms with Crippen molar-refractivity contribution in [3.8, 4) is 0 Å². The monoisotopic (exact) mass is 307 g/mol. The van der Waals surface area contributed by atoms with E-state index in [1.54, 1.807) is 6.92 Å². The molecule has 0 aromatic rings. The van der Waals surface area contributed by atoms with Gasteiger partial charge in [0.15, 0.2) is 12.8 Å². The molecule has 122 valence electrons. The highest BCUT2D eigenvalue weighted by atomic mass is 16.8. The maximum Gasteiger partial charge on any atom is 0.534 e. The summed E-state index contributed by atoms with van der Waals surface area (Å²) in [6, 6.07) is 0. The standard InChI is InChI=1S/C12H21NO8/c1-2-11(15)13(9-14)21-12(16)20-10-7-18-5-3-17-4-6-19-8-10/h10,14H,2-9H2,1H3. The van der Waals surface area contributed by atoms with Crippen LogP contribution in [0.5, 0.6) is 0 Å². The van der Waals surface area contributed by atoms with Gasteiger partial charge in [-0.25, -0.2) is 4.79 Å². The molecule has 1 aliphatic heterocycles. The number of hydroxylamine groups is 2. The second-order valence-corrected chi connectivity index (χ2v) is 4.11. The molecule has 1 aliphatic rings. The number of carbonyl (C=O) groups excluding carboxylic acids is 2. The number of ether oxygens (including phenoxy) is 4. The van der Waals surface area contributed by atoms with Crippen LogP contribution in [-0.4, -0.2) is 74.7 Å². The Hall–Kier alpha value is -1.42. The summed E-state index contributed by atoms with van der Waals surface area (Å²) in [5, 5.41) is 9.47. The van der Waals surface area contributed by atoms with Gasteiger partial charge in [-0.3, -0.25) is 4.79 Å². The molecule has 0 unspecified atom stereocenters. The maximum atomic E-state index is 11.6. The molecule has 9 nitrogen and oxygen atoms in total. The molecule has 1 saturated heterocycles. The summed E-state index contributed by atoms with van der Waals surface area (Å²) in [5.74, 6) is -0.537. The van der Waals surface area contributed by atoms with Gasteiger partial charge >= 0.3 is 6.16 Å². The lowest BCUT2D eigenvalue weighted by molar-refractivity contribution is -0.193. The van der Waals surface area contributed by atoms with Crippen LogP contribution < -0.4 is 0 Å². The highest BCUT2D eigenvalue weighted by Crippen LogP contribution is 2.03. The molecule has 0 saturated carbocycles. The minimum atomic E-state index is -1.10. The fraction of sp³-hybridized carbons (Fsp3) is 0.833. The summed E-state index contributed by atoms with van der Waals surface area (Å²) in [6.07, 6.45) is -1.67. The lowest BCUT2D eigenvalue weighted by Crippen LogP contribution is -2.37. The van der Waals surface area contributed by atoms with Gasteiger partial charge < -0.3 is 28.9 Å². The second-order valence-electron chi connectivity index (χ2n) is 4.11. The molecule has 0 aromatic heterocycles. The zero-order valence-corrected chi connectivity index (χ0v) is 12.0. The summed E-state index contributed by atoms with van der Waals surface area (Å²) in [6.45, 7) is 2.71. The first-order valence-corrected chi connectivity index (χ1v) is 6.70. The van der Waals surface area contributed by atoms with E-state index in [4.69, 9.17) is 24.1 Å². The Morgan fingerprint density at radius 1 is 1.14 bits per heavy atom. The first-order valence-electron chi connectivity index (χ1n) is 6.70. The minimum Gasteiger partial charge on any atom is -0.424 e. The Morgan fingerprint density at radius 2 is 1.71 bits per heavy atom. The summed E-state index contributed by atoms with van der Waals surface area (Å²) >= 11 is 0. The molecule has 1 fully saturated rings. The molecule has 0 radical (unpaired) electrons. The largest absolute Gasteiger partial charge is 0.534 e. The topological polar surface area (TPSA) is 104 Å². The lowest BCUT2D eigenvalue weighted by atomic mass is 10.4. The highest BCUT2D eigenvalue weighted by Gasteiger charge is 2.22. The quantitative estimate of drug-likeness (QED) is 0.429. The molecule has 9 heteroatoms. The first kappa shape index (κ1) is 17.6. The van der Waals surface area contributed by atoms with E-state index in [-0.39, 0.29) is 19.6 Å². The van der Waals surface area contributed by atoms with Crippen molar-refractivity contribution in [2.45, 2.75) is 19.4 Å². The molecule has 0 aliphatic carbocycles. The van der Waals surface area contributed by atoms with Gasteiger partial charge in [0, 0.05) is 6.42 Å². The van der Waals surface area contributed by atoms with Gasteiger partial charge in [-0.05, 0) is 0 Å². The maximum absolute atomic E-state index is 11.6. The average Bonchev–Trinajstić information content (AvgIpc) is 2.50. The Kier molecular flexibility index (Phi) is 8.67. The van der Waals surface area contributed by atoms with Crippen molar-refractivity contribution in [1.29, 1.82) is 0 Å². The van der Waals surface area contributed by atoms with E-state index in [0.29, 0.717) is 31.5 Å². The molecular formula is C12H21NO8. The molecule has 21 heavy (non-hydrogen) atoms. The van der Waals surface area contributed by atoms with E-state index >= 15 is 0 Å². The van der Waals surface area contributed by atoms with Gasteiger partial charge in [0.25, 0.3) is 5.91 Å². The minimum absolute atomic E-state index is 0.0868. The summed E-state index contributed by atoms with van der Waals surface area (Å²) in [7, 11) is 0. The molecule has 1 rings (SSSR count). The van der Waals surface area contributed by atoms with E-state index in [1.807, 2.05) is 0 Å². The molecule has 0 atom stereocenters. The summed E-state index contributed by atoms with van der Waals surface area (Å²) in [4.78, 5) is 27.5. The number of rotatable bonds is 3. The zero-order valence-electron chi connectivity index (χ0n) is 12.0. The van der Waals surface area contributed by atoms with Crippen molar-refractivity contribution in [2.75, 3.05) is 46.4 Å². The van der Waals surface area contributed by atoms with Gasteiger partial charge in [0.2, 0.25) is 0 Å². The van der Waals surface area contributed by atoms with Gasteiger partial charge in [-0.1, -0.05) is 6.92 Å². The second kappa shape index (κ2) is 10.3. The van der Waals surface area contributed by atoms with Crippen LogP contribution in [0.3, 0.4) is 0 Å². The highest BCUT2D eigenvalue weighted by molar-refractivity contribution is 5.76. The third-order valence-corrected chi connectivity index (χ3v) is 2.51. The van der Waals surface area contributed by atoms with E-state index < -0.39 is 24.9 Å². The van der Waals surface area contributed by atoms with Crippen LogP contribution in [0.2, 0.25) is 0 Å². The van der Waals surface area contributed by atoms with Gasteiger partial charge in [-0.15, -0.1) is 5.06 Å². The Balaban J connectivity index is 2.40. The van der Waals surface area contributed by atoms with E-state index in [0.717, 1.165) is 0 Å². The number of carbonyl (C=O) groups is 2. The normalized spacial score (nSPS) is 17.8. The van der Waals surface area contributed by atoms with Crippen LogP contribution in [0.1, 0.15) is 13.3 Å². The molecule has 0 aromatic carbocycles. The van der Waals surface area contributed by atoms with Crippen molar-refractivity contribution < 1.29 is 38.5 Å². The fourth-order valence-electron chi connectivity index (χ4n) is 1.47. The van der Waals surface area contributed by atoms with E-state index in [1.165, 1.54) is 0 Å². The molecule has 1 amide bonds. The number of aliphatic hydroxyl groups excluding tert-OH is 1. The van der Waals surface area contributed by atoms with Crippen molar-refractivity contribution in [1.82, 2.24) is 5.06 Å². The van der Waals surface area contributed by atoms with E-state index in [9.17, 15) is 9.59 Å². The van der Waals surface area contributed by atoms with Crippen molar-refractivity contribution in [2.24, 2.45) is 0 Å². The fourth-order valence-corrected chi connectivity index (χ4v) is 1.47. The summed E-state index contributed by atoms with van der Waals surface area (Å²) < 4.78 is 20.7. The lowest BCUT2D eigenvalue weighted by Gasteiger charge is -2.22. The average molecular weight is 307 g/mol. The molecule has 1 heterocycles. The predicted octanol–water partition coefficient (Wildman–Crippen LogP) is -0.325. The van der Waals surface area contributed by atoms with Crippen LogP contribution in [-0.2, 0) is 28.6 Å². The third kappa shape index (κ3) is 7.23. The van der Waals surface area contributed by atoms with Crippen molar-refractivity contribution >= 4 is 12.1 Å². The third-order valence-electron chi connectivity index (χ3n) is 2.51. The summed E-state index contributed by atoms with van der Waals surface area (Å²) in [5.41, 5.74) is 0. The van der Waals surface area contributed by atoms with Crippen molar-refractivity contribution in [3.63, 3.8) is 0 Å². The van der Waals surface area contributed by atoms with Gasteiger partial charge in [0.1, 0.15) is 0 Å². The molecule has 1 N–H and O–H groups in total. The van der Waals surface area contributed by atoms with Crippen LogP contribution >= 0.6 is 0 Å². The molecule has 0 spiro atoms. The van der Waals surface area contributed by atoms with Crippen LogP contribution in [0.25, 0.3) is 0 Å². The smallest absolute Gasteiger partial charge is 0.424 e. The van der Waals surface area contributed by atoms with E-state index in [2.05, 4.69) is 4.84 Å². The van der Waals surface area contributed by atoms with Gasteiger partial charge in [-0.2, -0.15) is 0 Å². The van der Waals surface area contributed by atoms with Crippen LogP contribution in [0.4, 0.5) is 4.79 Å². The SMILES string of the molecule is CCC(=O)N(CO)OC(=O)OC1COCCOCCOC1. The number of aliphatic hydroxyl groups is 1. The van der Waals surface area contributed by atoms with Crippen LogP contribution in [0, 0.1) is 0 Å². The Bertz CT molecular complexity index is 314. The van der Waals surface area contributed by atoms with Crippen LogP contribution in [0.15, 0.2) is 0 Å². The predicted molar refractivity (Wildman–Crippen MR) is 68.0 cm³/mol.